The third-order valence-electron chi connectivity index (χ3n) is 2.57. The lowest BCUT2D eigenvalue weighted by molar-refractivity contribution is -0.142. The standard InChI is InChI=1S/C11H22O4S/c1-5-9(4)8-16(13,14)10(6-2)11(12)15-7-3/h9-10H,5-8H2,1-4H3. The molecule has 0 radical (unpaired) electrons. The Hall–Kier alpha value is -0.580. The quantitative estimate of drug-likeness (QED) is 0.646. The first-order valence-electron chi connectivity index (χ1n) is 5.77. The highest BCUT2D eigenvalue weighted by atomic mass is 32.2. The topological polar surface area (TPSA) is 60.4 Å². The highest BCUT2D eigenvalue weighted by molar-refractivity contribution is 7.92. The highest BCUT2D eigenvalue weighted by Gasteiger charge is 2.32. The Morgan fingerprint density at radius 3 is 2.12 bits per heavy atom. The average Bonchev–Trinajstić information content (AvgIpc) is 2.17. The average molecular weight is 250 g/mol. The summed E-state index contributed by atoms with van der Waals surface area (Å²) in [5.74, 6) is -0.484. The molecule has 0 aliphatic rings. The maximum absolute atomic E-state index is 11.9. The third kappa shape index (κ3) is 4.51. The van der Waals surface area contributed by atoms with Gasteiger partial charge in [-0.05, 0) is 19.3 Å². The molecule has 0 fully saturated rings. The van der Waals surface area contributed by atoms with Crippen LogP contribution in [0.25, 0.3) is 0 Å². The zero-order valence-corrected chi connectivity index (χ0v) is 11.3. The smallest absolute Gasteiger partial charge is 0.324 e. The second kappa shape index (κ2) is 6.89. The van der Waals surface area contributed by atoms with Gasteiger partial charge in [0.1, 0.15) is 0 Å². The molecule has 0 aliphatic heterocycles. The molecule has 0 aliphatic carbocycles. The Labute approximate surface area is 98.3 Å². The summed E-state index contributed by atoms with van der Waals surface area (Å²) in [5.41, 5.74) is 0. The summed E-state index contributed by atoms with van der Waals surface area (Å²) in [4.78, 5) is 11.5. The van der Waals surface area contributed by atoms with E-state index >= 15 is 0 Å². The van der Waals surface area contributed by atoms with E-state index in [1.165, 1.54) is 0 Å². The molecule has 0 N–H and O–H groups in total. The van der Waals surface area contributed by atoms with Crippen LogP contribution in [0, 0.1) is 5.92 Å². The second-order valence-electron chi connectivity index (χ2n) is 3.99. The van der Waals surface area contributed by atoms with Crippen LogP contribution in [-0.2, 0) is 19.4 Å². The van der Waals surface area contributed by atoms with Gasteiger partial charge in [0.25, 0.3) is 0 Å². The Morgan fingerprint density at radius 2 is 1.75 bits per heavy atom. The van der Waals surface area contributed by atoms with Crippen molar-refractivity contribution < 1.29 is 17.9 Å². The maximum Gasteiger partial charge on any atom is 0.324 e. The van der Waals surface area contributed by atoms with Gasteiger partial charge in [-0.1, -0.05) is 27.2 Å². The van der Waals surface area contributed by atoms with Crippen LogP contribution in [0.1, 0.15) is 40.5 Å². The molecular weight excluding hydrogens is 228 g/mol. The van der Waals surface area contributed by atoms with E-state index in [1.807, 2.05) is 13.8 Å². The van der Waals surface area contributed by atoms with E-state index < -0.39 is 21.1 Å². The van der Waals surface area contributed by atoms with Crippen LogP contribution in [0.4, 0.5) is 0 Å². The first-order chi connectivity index (χ1) is 7.38. The van der Waals surface area contributed by atoms with Crippen molar-refractivity contribution in [1.29, 1.82) is 0 Å². The molecular formula is C11H22O4S. The van der Waals surface area contributed by atoms with Gasteiger partial charge in [-0.2, -0.15) is 0 Å². The summed E-state index contributed by atoms with van der Waals surface area (Å²) in [6.45, 7) is 7.39. The van der Waals surface area contributed by atoms with Crippen LogP contribution in [0.2, 0.25) is 0 Å². The number of hydrogen-bond donors (Lipinski definition) is 0. The molecule has 0 amide bonds. The molecule has 96 valence electrons. The number of sulfone groups is 1. The molecule has 0 aromatic carbocycles. The molecule has 0 saturated heterocycles. The first-order valence-corrected chi connectivity index (χ1v) is 7.48. The molecule has 0 rings (SSSR count). The number of carbonyl (C=O) groups excluding carboxylic acids is 1. The molecule has 0 aromatic heterocycles. The van der Waals surface area contributed by atoms with Crippen LogP contribution in [-0.4, -0.2) is 32.0 Å². The Kier molecular flexibility index (Phi) is 6.64. The fourth-order valence-corrected chi connectivity index (χ4v) is 3.56. The highest BCUT2D eigenvalue weighted by Crippen LogP contribution is 2.14. The number of rotatable bonds is 7. The van der Waals surface area contributed by atoms with Crippen LogP contribution in [0.5, 0.6) is 0 Å². The van der Waals surface area contributed by atoms with Crippen LogP contribution >= 0.6 is 0 Å². The van der Waals surface area contributed by atoms with Gasteiger partial charge in [-0.3, -0.25) is 4.79 Å². The molecule has 0 heterocycles. The van der Waals surface area contributed by atoms with Gasteiger partial charge in [0, 0.05) is 0 Å². The van der Waals surface area contributed by atoms with E-state index in [-0.39, 0.29) is 24.7 Å². The maximum atomic E-state index is 11.9. The van der Waals surface area contributed by atoms with E-state index in [0.29, 0.717) is 0 Å². The minimum Gasteiger partial charge on any atom is -0.465 e. The summed E-state index contributed by atoms with van der Waals surface area (Å²) >= 11 is 0. The monoisotopic (exact) mass is 250 g/mol. The van der Waals surface area contributed by atoms with Gasteiger partial charge < -0.3 is 4.74 Å². The van der Waals surface area contributed by atoms with Gasteiger partial charge in [0.2, 0.25) is 0 Å². The van der Waals surface area contributed by atoms with Crippen molar-refractivity contribution in [1.82, 2.24) is 0 Å². The molecule has 16 heavy (non-hydrogen) atoms. The van der Waals surface area contributed by atoms with Gasteiger partial charge in [0.15, 0.2) is 15.1 Å². The lowest BCUT2D eigenvalue weighted by Gasteiger charge is -2.16. The van der Waals surface area contributed by atoms with Gasteiger partial charge in [0.05, 0.1) is 12.4 Å². The number of carbonyl (C=O) groups is 1. The van der Waals surface area contributed by atoms with E-state index in [9.17, 15) is 13.2 Å². The fraction of sp³-hybridized carbons (Fsp3) is 0.909. The van der Waals surface area contributed by atoms with Crippen molar-refractivity contribution in [3.8, 4) is 0 Å². The predicted molar refractivity (Wildman–Crippen MR) is 64.0 cm³/mol. The predicted octanol–water partition coefficient (Wildman–Crippen LogP) is 1.79. The van der Waals surface area contributed by atoms with Crippen molar-refractivity contribution in [2.24, 2.45) is 5.92 Å². The lowest BCUT2D eigenvalue weighted by atomic mass is 10.2. The van der Waals surface area contributed by atoms with E-state index in [1.54, 1.807) is 13.8 Å². The lowest BCUT2D eigenvalue weighted by Crippen LogP contribution is -2.34. The first kappa shape index (κ1) is 15.4. The fourth-order valence-electron chi connectivity index (χ4n) is 1.43. The molecule has 5 heteroatoms. The van der Waals surface area contributed by atoms with E-state index in [2.05, 4.69) is 0 Å². The molecule has 4 nitrogen and oxygen atoms in total. The molecule has 2 atom stereocenters. The largest absolute Gasteiger partial charge is 0.465 e. The zero-order valence-electron chi connectivity index (χ0n) is 10.5. The number of esters is 1. The van der Waals surface area contributed by atoms with Crippen molar-refractivity contribution in [3.63, 3.8) is 0 Å². The van der Waals surface area contributed by atoms with Crippen molar-refractivity contribution in [2.75, 3.05) is 12.4 Å². The van der Waals surface area contributed by atoms with Crippen LogP contribution in [0.3, 0.4) is 0 Å². The van der Waals surface area contributed by atoms with Gasteiger partial charge >= 0.3 is 5.97 Å². The molecule has 0 saturated carbocycles. The summed E-state index contributed by atoms with van der Waals surface area (Å²) in [5, 5.41) is -0.999. The Bertz CT molecular complexity index is 308. The second-order valence-corrected chi connectivity index (χ2v) is 6.22. The van der Waals surface area contributed by atoms with Crippen molar-refractivity contribution >= 4 is 15.8 Å². The van der Waals surface area contributed by atoms with Crippen LogP contribution in [0.15, 0.2) is 0 Å². The minimum absolute atomic E-state index is 0.0564. The normalized spacial score (nSPS) is 15.5. The van der Waals surface area contributed by atoms with Crippen molar-refractivity contribution in [3.05, 3.63) is 0 Å². The SMILES string of the molecule is CCOC(=O)C(CC)S(=O)(=O)CC(C)CC. The molecule has 0 aromatic rings. The summed E-state index contributed by atoms with van der Waals surface area (Å²) in [7, 11) is -3.38. The Morgan fingerprint density at radius 1 is 1.19 bits per heavy atom. The van der Waals surface area contributed by atoms with Crippen LogP contribution < -0.4 is 0 Å². The van der Waals surface area contributed by atoms with Gasteiger partial charge in [-0.25, -0.2) is 8.42 Å². The van der Waals surface area contributed by atoms with Gasteiger partial charge in [-0.15, -0.1) is 0 Å². The molecule has 2 unspecified atom stereocenters. The van der Waals surface area contributed by atoms with E-state index in [0.717, 1.165) is 6.42 Å². The minimum atomic E-state index is -3.38. The molecule has 0 spiro atoms. The van der Waals surface area contributed by atoms with E-state index in [4.69, 9.17) is 4.74 Å². The summed E-state index contributed by atoms with van der Waals surface area (Å²) < 4.78 is 28.7. The summed E-state index contributed by atoms with van der Waals surface area (Å²) in [6.07, 6.45) is 1.07. The third-order valence-corrected chi connectivity index (χ3v) is 4.99. The number of ether oxygens (including phenoxy) is 1. The zero-order chi connectivity index (χ0) is 12.8. The van der Waals surface area contributed by atoms with Crippen molar-refractivity contribution in [2.45, 2.75) is 45.8 Å². The summed E-state index contributed by atoms with van der Waals surface area (Å²) in [6, 6.07) is 0. The molecule has 0 bridgehead atoms. The number of hydrogen-bond acceptors (Lipinski definition) is 4. The Balaban J connectivity index is 4.74.